The molecule has 1 aromatic carbocycles. The lowest BCUT2D eigenvalue weighted by Crippen LogP contribution is -1.91. The Morgan fingerprint density at radius 2 is 1.64 bits per heavy atom. The van der Waals surface area contributed by atoms with Crippen molar-refractivity contribution in [1.29, 1.82) is 0 Å². The molecule has 0 atom stereocenters. The molecule has 80 valence electrons. The standard InChI is InChI=1S/C7H10N2.H2O4S/c1-5-2-3-6(8)4-7(5)9;1-5(2,3)4/h2-4H,8-9H2,1H3;(H2,1,2,3,4). The molecule has 14 heavy (non-hydrogen) atoms. The largest absolute Gasteiger partial charge is 0.399 e. The molecule has 0 saturated heterocycles. The third kappa shape index (κ3) is 7.35. The number of benzene rings is 1. The maximum absolute atomic E-state index is 8.74. The van der Waals surface area contributed by atoms with Gasteiger partial charge in [0, 0.05) is 11.4 Å². The predicted molar refractivity (Wildman–Crippen MR) is 54.2 cm³/mol. The first kappa shape index (κ1) is 12.7. The van der Waals surface area contributed by atoms with E-state index in [1.807, 2.05) is 19.1 Å². The molecule has 0 saturated carbocycles. The SMILES string of the molecule is Cc1ccc(N)cc1N.O=S(=O)(O)O. The Labute approximate surface area is 82.1 Å². The van der Waals surface area contributed by atoms with Crippen LogP contribution in [-0.4, -0.2) is 17.5 Å². The van der Waals surface area contributed by atoms with Crippen molar-refractivity contribution in [3.05, 3.63) is 23.8 Å². The third-order valence-corrected chi connectivity index (χ3v) is 1.30. The van der Waals surface area contributed by atoms with Gasteiger partial charge in [0.1, 0.15) is 0 Å². The van der Waals surface area contributed by atoms with Crippen molar-refractivity contribution in [3.8, 4) is 0 Å². The summed E-state index contributed by atoms with van der Waals surface area (Å²) in [4.78, 5) is 0. The number of rotatable bonds is 0. The Morgan fingerprint density at radius 1 is 1.21 bits per heavy atom. The van der Waals surface area contributed by atoms with Crippen LogP contribution in [0.1, 0.15) is 5.56 Å². The van der Waals surface area contributed by atoms with Gasteiger partial charge in [-0.3, -0.25) is 9.11 Å². The topological polar surface area (TPSA) is 127 Å². The van der Waals surface area contributed by atoms with E-state index in [1.54, 1.807) is 6.07 Å². The molecule has 1 rings (SSSR count). The number of aryl methyl sites for hydroxylation is 1. The summed E-state index contributed by atoms with van der Waals surface area (Å²) in [5.41, 5.74) is 13.5. The summed E-state index contributed by atoms with van der Waals surface area (Å²) in [5.74, 6) is 0. The van der Waals surface area contributed by atoms with E-state index in [0.717, 1.165) is 16.9 Å². The highest BCUT2D eigenvalue weighted by Gasteiger charge is 1.90. The summed E-state index contributed by atoms with van der Waals surface area (Å²) in [5, 5.41) is 0. The zero-order valence-corrected chi connectivity index (χ0v) is 8.32. The van der Waals surface area contributed by atoms with Crippen LogP contribution in [0.25, 0.3) is 0 Å². The van der Waals surface area contributed by atoms with Crippen LogP contribution in [0.4, 0.5) is 11.4 Å². The van der Waals surface area contributed by atoms with Crippen LogP contribution in [0, 0.1) is 6.92 Å². The molecule has 1 aromatic rings. The summed E-state index contributed by atoms with van der Waals surface area (Å²) < 4.78 is 31.6. The molecular weight excluding hydrogens is 208 g/mol. The molecule has 0 fully saturated rings. The number of nitrogen functional groups attached to an aromatic ring is 2. The van der Waals surface area contributed by atoms with Crippen molar-refractivity contribution in [1.82, 2.24) is 0 Å². The Bertz CT molecular complexity index is 394. The lowest BCUT2D eigenvalue weighted by Gasteiger charge is -1.98. The minimum Gasteiger partial charge on any atom is -0.399 e. The molecule has 0 aliphatic rings. The van der Waals surface area contributed by atoms with Crippen molar-refractivity contribution in [3.63, 3.8) is 0 Å². The monoisotopic (exact) mass is 220 g/mol. The number of hydrogen-bond donors (Lipinski definition) is 4. The van der Waals surface area contributed by atoms with E-state index in [4.69, 9.17) is 29.0 Å². The van der Waals surface area contributed by atoms with Gasteiger partial charge in [-0.1, -0.05) is 6.07 Å². The molecule has 0 aromatic heterocycles. The summed E-state index contributed by atoms with van der Waals surface area (Å²) in [7, 11) is -4.67. The quantitative estimate of drug-likeness (QED) is 0.372. The smallest absolute Gasteiger partial charge is 0.394 e. The second-order valence-corrected chi connectivity index (χ2v) is 3.46. The van der Waals surface area contributed by atoms with Gasteiger partial charge in [-0.15, -0.1) is 0 Å². The summed E-state index contributed by atoms with van der Waals surface area (Å²) in [6.45, 7) is 1.95. The molecule has 0 radical (unpaired) electrons. The molecule has 0 heterocycles. The minimum absolute atomic E-state index is 0.720. The first-order valence-corrected chi connectivity index (χ1v) is 4.91. The van der Waals surface area contributed by atoms with Gasteiger partial charge in [0.2, 0.25) is 0 Å². The molecule has 0 amide bonds. The summed E-state index contributed by atoms with van der Waals surface area (Å²) >= 11 is 0. The molecule has 0 aliphatic carbocycles. The van der Waals surface area contributed by atoms with Gasteiger partial charge in [0.05, 0.1) is 0 Å². The van der Waals surface area contributed by atoms with E-state index in [9.17, 15) is 0 Å². The van der Waals surface area contributed by atoms with Crippen LogP contribution in [0.2, 0.25) is 0 Å². The van der Waals surface area contributed by atoms with E-state index in [-0.39, 0.29) is 0 Å². The minimum atomic E-state index is -4.67. The van der Waals surface area contributed by atoms with Crippen LogP contribution in [0.15, 0.2) is 18.2 Å². The van der Waals surface area contributed by atoms with Gasteiger partial charge in [-0.05, 0) is 24.6 Å². The molecule has 0 unspecified atom stereocenters. The van der Waals surface area contributed by atoms with Gasteiger partial charge in [0.15, 0.2) is 0 Å². The van der Waals surface area contributed by atoms with Crippen molar-refractivity contribution in [2.75, 3.05) is 11.5 Å². The maximum atomic E-state index is 8.74. The lowest BCUT2D eigenvalue weighted by molar-refractivity contribution is 0.381. The Balaban J connectivity index is 0.000000292. The van der Waals surface area contributed by atoms with Gasteiger partial charge in [-0.2, -0.15) is 8.42 Å². The zero-order chi connectivity index (χ0) is 11.4. The summed E-state index contributed by atoms with van der Waals surface area (Å²) in [6, 6.07) is 5.51. The molecule has 6 N–H and O–H groups in total. The van der Waals surface area contributed by atoms with Gasteiger partial charge in [0.25, 0.3) is 0 Å². The van der Waals surface area contributed by atoms with E-state index in [1.165, 1.54) is 0 Å². The lowest BCUT2D eigenvalue weighted by atomic mass is 10.2. The van der Waals surface area contributed by atoms with Crippen molar-refractivity contribution in [2.45, 2.75) is 6.92 Å². The van der Waals surface area contributed by atoms with Crippen LogP contribution in [0.3, 0.4) is 0 Å². The number of hydrogen-bond acceptors (Lipinski definition) is 4. The fourth-order valence-corrected chi connectivity index (χ4v) is 0.659. The average Bonchev–Trinajstić information content (AvgIpc) is 1.94. The van der Waals surface area contributed by atoms with Crippen molar-refractivity contribution in [2.24, 2.45) is 0 Å². The second-order valence-electron chi connectivity index (χ2n) is 2.56. The molecule has 0 spiro atoms. The second kappa shape index (κ2) is 4.80. The zero-order valence-electron chi connectivity index (χ0n) is 7.51. The molecule has 6 nitrogen and oxygen atoms in total. The van der Waals surface area contributed by atoms with Crippen LogP contribution < -0.4 is 11.5 Å². The normalized spacial score (nSPS) is 10.2. The predicted octanol–water partition coefficient (Wildman–Crippen LogP) is 0.507. The fraction of sp³-hybridized carbons (Fsp3) is 0.143. The Kier molecular flexibility index (Phi) is 4.35. The van der Waals surface area contributed by atoms with Crippen molar-refractivity contribution < 1.29 is 17.5 Å². The van der Waals surface area contributed by atoms with E-state index in [0.29, 0.717) is 0 Å². The van der Waals surface area contributed by atoms with E-state index >= 15 is 0 Å². The van der Waals surface area contributed by atoms with Gasteiger partial charge < -0.3 is 11.5 Å². The number of anilines is 2. The highest BCUT2D eigenvalue weighted by Crippen LogP contribution is 2.13. The first-order chi connectivity index (χ1) is 6.20. The number of nitrogens with two attached hydrogens (primary N) is 2. The van der Waals surface area contributed by atoms with E-state index in [2.05, 4.69) is 0 Å². The molecule has 0 aliphatic heterocycles. The first-order valence-electron chi connectivity index (χ1n) is 3.51. The highest BCUT2D eigenvalue weighted by molar-refractivity contribution is 7.79. The van der Waals surface area contributed by atoms with Crippen LogP contribution in [-0.2, 0) is 10.4 Å². The maximum Gasteiger partial charge on any atom is 0.394 e. The third-order valence-electron chi connectivity index (χ3n) is 1.30. The van der Waals surface area contributed by atoms with Crippen LogP contribution in [0.5, 0.6) is 0 Å². The van der Waals surface area contributed by atoms with Gasteiger partial charge >= 0.3 is 10.4 Å². The highest BCUT2D eigenvalue weighted by atomic mass is 32.3. The van der Waals surface area contributed by atoms with E-state index < -0.39 is 10.4 Å². The Morgan fingerprint density at radius 3 is 1.93 bits per heavy atom. The van der Waals surface area contributed by atoms with Crippen LogP contribution >= 0.6 is 0 Å². The van der Waals surface area contributed by atoms with Crippen molar-refractivity contribution >= 4 is 21.8 Å². The molecular formula is C7H12N2O4S. The average molecular weight is 220 g/mol. The fourth-order valence-electron chi connectivity index (χ4n) is 0.659. The molecule has 0 bridgehead atoms. The van der Waals surface area contributed by atoms with Gasteiger partial charge in [-0.25, -0.2) is 0 Å². The molecule has 7 heteroatoms. The Hall–Kier alpha value is -1.31. The summed E-state index contributed by atoms with van der Waals surface area (Å²) in [6.07, 6.45) is 0.